The van der Waals surface area contributed by atoms with Gasteiger partial charge < -0.3 is 10.1 Å². The van der Waals surface area contributed by atoms with Crippen LogP contribution in [0.1, 0.15) is 12.0 Å². The molecule has 4 heteroatoms. The van der Waals surface area contributed by atoms with Crippen LogP contribution in [0.3, 0.4) is 0 Å². The van der Waals surface area contributed by atoms with Gasteiger partial charge in [0, 0.05) is 6.42 Å². The fourth-order valence-corrected chi connectivity index (χ4v) is 1.99. The summed E-state index contributed by atoms with van der Waals surface area (Å²) in [4.78, 5) is 11.6. The number of rotatable bonds is 3. The number of hydrogen-bond acceptors (Lipinski definition) is 3. The van der Waals surface area contributed by atoms with Crippen molar-refractivity contribution in [2.24, 2.45) is 0 Å². The summed E-state index contributed by atoms with van der Waals surface area (Å²) < 4.78 is 18.2. The largest absolute Gasteiger partial charge is 0.468 e. The molecular formula is C12H14FNO2. The molecule has 0 spiro atoms. The van der Waals surface area contributed by atoms with Crippen LogP contribution in [-0.4, -0.2) is 25.2 Å². The minimum Gasteiger partial charge on any atom is -0.468 e. The smallest absolute Gasteiger partial charge is 0.326 e. The molecule has 1 unspecified atom stereocenters. The second kappa shape index (κ2) is 4.22. The average molecular weight is 223 g/mol. The van der Waals surface area contributed by atoms with Gasteiger partial charge in [0.15, 0.2) is 0 Å². The van der Waals surface area contributed by atoms with Crippen LogP contribution in [0.4, 0.5) is 4.39 Å². The molecule has 1 aliphatic rings. The molecule has 1 N–H and O–H groups in total. The minimum atomic E-state index is -0.725. The molecule has 1 aromatic rings. The Morgan fingerprint density at radius 2 is 2.25 bits per heavy atom. The summed E-state index contributed by atoms with van der Waals surface area (Å²) in [5.74, 6) is -0.596. The van der Waals surface area contributed by atoms with Crippen LogP contribution in [0.5, 0.6) is 0 Å². The van der Waals surface area contributed by atoms with Crippen LogP contribution in [-0.2, 0) is 16.0 Å². The first-order valence-corrected chi connectivity index (χ1v) is 5.25. The number of halogens is 1. The van der Waals surface area contributed by atoms with E-state index in [9.17, 15) is 9.18 Å². The molecule has 1 fully saturated rings. The first-order chi connectivity index (χ1) is 7.68. The van der Waals surface area contributed by atoms with Crippen molar-refractivity contribution in [1.29, 1.82) is 0 Å². The van der Waals surface area contributed by atoms with Gasteiger partial charge >= 0.3 is 5.97 Å². The highest BCUT2D eigenvalue weighted by atomic mass is 19.1. The van der Waals surface area contributed by atoms with E-state index in [4.69, 9.17) is 4.74 Å². The normalized spacial score (nSPS) is 23.6. The number of ether oxygens (including phenoxy) is 1. The summed E-state index contributed by atoms with van der Waals surface area (Å²) in [5.41, 5.74) is -0.183. The third-order valence-corrected chi connectivity index (χ3v) is 3.04. The molecule has 3 nitrogen and oxygen atoms in total. The van der Waals surface area contributed by atoms with Crippen molar-refractivity contribution in [1.82, 2.24) is 5.32 Å². The number of esters is 1. The lowest BCUT2D eigenvalue weighted by atomic mass is 9.82. The van der Waals surface area contributed by atoms with Gasteiger partial charge in [-0.05, 0) is 24.6 Å². The monoisotopic (exact) mass is 223 g/mol. The van der Waals surface area contributed by atoms with Crippen molar-refractivity contribution in [3.63, 3.8) is 0 Å². The van der Waals surface area contributed by atoms with E-state index in [0.29, 0.717) is 18.4 Å². The Labute approximate surface area is 93.6 Å². The lowest BCUT2D eigenvalue weighted by molar-refractivity contribution is -0.152. The number of carbonyl (C=O) groups excluding carboxylic acids is 1. The van der Waals surface area contributed by atoms with Crippen LogP contribution in [0.25, 0.3) is 0 Å². The van der Waals surface area contributed by atoms with Gasteiger partial charge in [-0.25, -0.2) is 4.39 Å². The maximum absolute atomic E-state index is 13.5. The van der Waals surface area contributed by atoms with E-state index in [1.54, 1.807) is 18.2 Å². The minimum absolute atomic E-state index is 0.278. The molecule has 1 aromatic carbocycles. The summed E-state index contributed by atoms with van der Waals surface area (Å²) in [6, 6.07) is 6.50. The Morgan fingerprint density at radius 3 is 2.75 bits per heavy atom. The van der Waals surface area contributed by atoms with E-state index < -0.39 is 5.54 Å². The molecule has 0 saturated carbocycles. The predicted octanol–water partition coefficient (Wildman–Crippen LogP) is 1.27. The van der Waals surface area contributed by atoms with Gasteiger partial charge in [0.25, 0.3) is 0 Å². The van der Waals surface area contributed by atoms with Crippen molar-refractivity contribution in [2.45, 2.75) is 18.4 Å². The molecule has 0 radical (unpaired) electrons. The van der Waals surface area contributed by atoms with Crippen LogP contribution >= 0.6 is 0 Å². The zero-order valence-electron chi connectivity index (χ0n) is 9.13. The molecule has 1 aliphatic heterocycles. The first-order valence-electron chi connectivity index (χ1n) is 5.25. The fraction of sp³-hybridized carbons (Fsp3) is 0.417. The summed E-state index contributed by atoms with van der Waals surface area (Å²) in [6.45, 7) is 0.767. The molecular weight excluding hydrogens is 209 g/mol. The van der Waals surface area contributed by atoms with Crippen LogP contribution in [0.15, 0.2) is 24.3 Å². The summed E-state index contributed by atoms with van der Waals surface area (Å²) >= 11 is 0. The SMILES string of the molecule is COC(=O)C1(Cc2ccccc2F)CCN1. The van der Waals surface area contributed by atoms with Gasteiger partial charge in [-0.15, -0.1) is 0 Å². The molecule has 0 aliphatic carbocycles. The molecule has 16 heavy (non-hydrogen) atoms. The zero-order chi connectivity index (χ0) is 11.6. The summed E-state index contributed by atoms with van der Waals surface area (Å²) in [5, 5.41) is 3.04. The Bertz CT molecular complexity index is 402. The highest BCUT2D eigenvalue weighted by Gasteiger charge is 2.45. The van der Waals surface area contributed by atoms with Crippen molar-refractivity contribution in [3.8, 4) is 0 Å². The summed E-state index contributed by atoms with van der Waals surface area (Å²) in [7, 11) is 1.35. The van der Waals surface area contributed by atoms with Gasteiger partial charge in [0.2, 0.25) is 0 Å². The molecule has 1 saturated heterocycles. The molecule has 1 heterocycles. The van der Waals surface area contributed by atoms with E-state index >= 15 is 0 Å². The van der Waals surface area contributed by atoms with E-state index in [1.165, 1.54) is 13.2 Å². The Kier molecular flexibility index (Phi) is 2.92. The second-order valence-electron chi connectivity index (χ2n) is 4.02. The lowest BCUT2D eigenvalue weighted by Crippen LogP contribution is -2.64. The number of carbonyl (C=O) groups is 1. The molecule has 2 rings (SSSR count). The van der Waals surface area contributed by atoms with Crippen LogP contribution in [0.2, 0.25) is 0 Å². The number of methoxy groups -OCH3 is 1. The van der Waals surface area contributed by atoms with Gasteiger partial charge in [0.05, 0.1) is 7.11 Å². The van der Waals surface area contributed by atoms with Gasteiger partial charge in [-0.3, -0.25) is 4.79 Å². The quantitative estimate of drug-likeness (QED) is 0.784. The first kappa shape index (κ1) is 11.1. The van der Waals surface area contributed by atoms with Crippen molar-refractivity contribution in [2.75, 3.05) is 13.7 Å². The van der Waals surface area contributed by atoms with Crippen molar-refractivity contribution < 1.29 is 13.9 Å². The molecule has 86 valence electrons. The maximum Gasteiger partial charge on any atom is 0.326 e. The third-order valence-electron chi connectivity index (χ3n) is 3.04. The topological polar surface area (TPSA) is 38.3 Å². The predicted molar refractivity (Wildman–Crippen MR) is 57.5 cm³/mol. The zero-order valence-corrected chi connectivity index (χ0v) is 9.13. The van der Waals surface area contributed by atoms with E-state index in [-0.39, 0.29) is 11.8 Å². The second-order valence-corrected chi connectivity index (χ2v) is 4.02. The van der Waals surface area contributed by atoms with Gasteiger partial charge in [-0.1, -0.05) is 18.2 Å². The third kappa shape index (κ3) is 1.80. The number of benzene rings is 1. The van der Waals surface area contributed by atoms with Crippen LogP contribution in [0, 0.1) is 5.82 Å². The highest BCUT2D eigenvalue weighted by Crippen LogP contribution is 2.26. The lowest BCUT2D eigenvalue weighted by Gasteiger charge is -2.40. The Balaban J connectivity index is 2.19. The van der Waals surface area contributed by atoms with E-state index in [0.717, 1.165) is 6.54 Å². The fourth-order valence-electron chi connectivity index (χ4n) is 1.99. The molecule has 1 atom stereocenters. The van der Waals surface area contributed by atoms with Crippen molar-refractivity contribution >= 4 is 5.97 Å². The number of hydrogen-bond donors (Lipinski definition) is 1. The van der Waals surface area contributed by atoms with Crippen molar-refractivity contribution in [3.05, 3.63) is 35.6 Å². The van der Waals surface area contributed by atoms with Gasteiger partial charge in [-0.2, -0.15) is 0 Å². The highest BCUT2D eigenvalue weighted by molar-refractivity contribution is 5.82. The van der Waals surface area contributed by atoms with E-state index in [1.807, 2.05) is 0 Å². The van der Waals surface area contributed by atoms with E-state index in [2.05, 4.69) is 5.32 Å². The van der Waals surface area contributed by atoms with Gasteiger partial charge in [0.1, 0.15) is 11.4 Å². The molecule has 0 bridgehead atoms. The molecule has 0 aromatic heterocycles. The Morgan fingerprint density at radius 1 is 1.56 bits per heavy atom. The number of nitrogens with one attached hydrogen (secondary N) is 1. The van der Waals surface area contributed by atoms with Crippen LogP contribution < -0.4 is 5.32 Å². The summed E-state index contributed by atoms with van der Waals surface area (Å²) in [6.07, 6.45) is 1.03. The Hall–Kier alpha value is -1.42. The molecule has 0 amide bonds. The average Bonchev–Trinajstić information content (AvgIpc) is 2.25. The standard InChI is InChI=1S/C12H14FNO2/c1-16-11(15)12(6-7-14-12)8-9-4-2-3-5-10(9)13/h2-5,14H,6-8H2,1H3. The maximum atomic E-state index is 13.5.